The number of ether oxygens (including phenoxy) is 3. The van der Waals surface area contributed by atoms with Gasteiger partial charge in [-0.2, -0.15) is 0 Å². The fourth-order valence-electron chi connectivity index (χ4n) is 3.46. The Morgan fingerprint density at radius 2 is 1.65 bits per heavy atom. The first-order valence-electron chi connectivity index (χ1n) is 11.3. The quantitative estimate of drug-likeness (QED) is 0.602. The number of carbonyl (C=O) groups excluding carboxylic acids is 1. The van der Waals surface area contributed by atoms with E-state index in [-0.39, 0.29) is 11.9 Å². The molecular weight excluding hydrogens is 392 g/mol. The highest BCUT2D eigenvalue weighted by molar-refractivity contribution is 5.95. The molecule has 2 aromatic carbocycles. The smallest absolute Gasteiger partial charge is 0.251 e. The van der Waals surface area contributed by atoms with E-state index in [0.717, 1.165) is 44.7 Å². The summed E-state index contributed by atoms with van der Waals surface area (Å²) in [6.07, 6.45) is 1.80. The summed E-state index contributed by atoms with van der Waals surface area (Å²) in [5, 5.41) is 3.09. The van der Waals surface area contributed by atoms with E-state index in [0.29, 0.717) is 30.3 Å². The number of nitrogens with zero attached hydrogens (tertiary/aromatic N) is 1. The van der Waals surface area contributed by atoms with Crippen LogP contribution >= 0.6 is 0 Å². The number of hydrogen-bond donors (Lipinski definition) is 1. The van der Waals surface area contributed by atoms with Gasteiger partial charge in [-0.1, -0.05) is 26.0 Å². The SMILES string of the molecule is CCCOc1ccc(C(=O)NC(C)c2ccc(N3CCOCC3)cc2)cc1OCCC. The van der Waals surface area contributed by atoms with E-state index in [1.165, 1.54) is 5.69 Å². The molecule has 31 heavy (non-hydrogen) atoms. The predicted molar refractivity (Wildman–Crippen MR) is 123 cm³/mol. The molecule has 0 saturated carbocycles. The van der Waals surface area contributed by atoms with Crippen LogP contribution in [0.4, 0.5) is 5.69 Å². The van der Waals surface area contributed by atoms with E-state index >= 15 is 0 Å². The Morgan fingerprint density at radius 1 is 1.00 bits per heavy atom. The molecule has 0 aliphatic carbocycles. The summed E-state index contributed by atoms with van der Waals surface area (Å²) in [6.45, 7) is 10.6. The predicted octanol–water partition coefficient (Wildman–Crippen LogP) is 4.59. The van der Waals surface area contributed by atoms with Crippen LogP contribution in [0.5, 0.6) is 11.5 Å². The van der Waals surface area contributed by atoms with Crippen molar-refractivity contribution in [1.29, 1.82) is 0 Å². The van der Waals surface area contributed by atoms with Gasteiger partial charge in [0, 0.05) is 24.3 Å². The van der Waals surface area contributed by atoms with Crippen LogP contribution in [-0.4, -0.2) is 45.4 Å². The Labute approximate surface area is 185 Å². The first-order chi connectivity index (χ1) is 15.1. The number of hydrogen-bond acceptors (Lipinski definition) is 5. The van der Waals surface area contributed by atoms with Gasteiger partial charge in [-0.25, -0.2) is 0 Å². The van der Waals surface area contributed by atoms with Crippen LogP contribution < -0.4 is 19.7 Å². The van der Waals surface area contributed by atoms with Crippen LogP contribution in [0.3, 0.4) is 0 Å². The van der Waals surface area contributed by atoms with E-state index < -0.39 is 0 Å². The maximum Gasteiger partial charge on any atom is 0.251 e. The van der Waals surface area contributed by atoms with Crippen LogP contribution in [0.15, 0.2) is 42.5 Å². The first-order valence-corrected chi connectivity index (χ1v) is 11.3. The van der Waals surface area contributed by atoms with Gasteiger partial charge in [0.05, 0.1) is 32.5 Å². The van der Waals surface area contributed by atoms with Crippen LogP contribution in [0.2, 0.25) is 0 Å². The average Bonchev–Trinajstić information content (AvgIpc) is 2.82. The molecule has 0 spiro atoms. The Balaban J connectivity index is 1.65. The highest BCUT2D eigenvalue weighted by atomic mass is 16.5. The highest BCUT2D eigenvalue weighted by Crippen LogP contribution is 2.29. The van der Waals surface area contributed by atoms with Crippen molar-refractivity contribution >= 4 is 11.6 Å². The maximum absolute atomic E-state index is 12.9. The van der Waals surface area contributed by atoms with E-state index in [9.17, 15) is 4.79 Å². The molecule has 1 amide bonds. The van der Waals surface area contributed by atoms with Gasteiger partial charge < -0.3 is 24.4 Å². The van der Waals surface area contributed by atoms with Crippen molar-refractivity contribution in [1.82, 2.24) is 5.32 Å². The lowest BCUT2D eigenvalue weighted by Gasteiger charge is -2.29. The number of benzene rings is 2. The zero-order valence-corrected chi connectivity index (χ0v) is 18.9. The van der Waals surface area contributed by atoms with Crippen LogP contribution in [0.25, 0.3) is 0 Å². The molecular formula is C25H34N2O4. The molecule has 0 radical (unpaired) electrons. The van der Waals surface area contributed by atoms with Gasteiger partial charge in [0.25, 0.3) is 5.91 Å². The van der Waals surface area contributed by atoms with E-state index in [2.05, 4.69) is 48.3 Å². The first kappa shape index (κ1) is 22.9. The standard InChI is InChI=1S/C25H34N2O4/c1-4-14-30-23-11-8-21(18-24(23)31-15-5-2)25(28)26-19(3)20-6-9-22(10-7-20)27-12-16-29-17-13-27/h6-11,18-19H,4-5,12-17H2,1-3H3,(H,26,28). The summed E-state index contributed by atoms with van der Waals surface area (Å²) in [5.74, 6) is 1.16. The molecule has 0 bridgehead atoms. The zero-order chi connectivity index (χ0) is 22.1. The minimum absolute atomic E-state index is 0.109. The molecule has 1 saturated heterocycles. The molecule has 1 atom stereocenters. The normalized spacial score (nSPS) is 14.7. The molecule has 1 aliphatic heterocycles. The van der Waals surface area contributed by atoms with Crippen molar-refractivity contribution in [3.63, 3.8) is 0 Å². The molecule has 1 unspecified atom stereocenters. The molecule has 1 heterocycles. The number of rotatable bonds is 10. The van der Waals surface area contributed by atoms with Crippen molar-refractivity contribution in [3.8, 4) is 11.5 Å². The third kappa shape index (κ3) is 6.37. The fraction of sp³-hybridized carbons (Fsp3) is 0.480. The highest BCUT2D eigenvalue weighted by Gasteiger charge is 2.16. The van der Waals surface area contributed by atoms with Crippen molar-refractivity contribution in [2.45, 2.75) is 39.7 Å². The van der Waals surface area contributed by atoms with Gasteiger partial charge in [0.1, 0.15) is 0 Å². The summed E-state index contributed by atoms with van der Waals surface area (Å²) >= 11 is 0. The number of carbonyl (C=O) groups is 1. The van der Waals surface area contributed by atoms with E-state index in [1.807, 2.05) is 13.0 Å². The van der Waals surface area contributed by atoms with E-state index in [4.69, 9.17) is 14.2 Å². The second-order valence-electron chi connectivity index (χ2n) is 7.74. The van der Waals surface area contributed by atoms with Crippen molar-refractivity contribution in [2.75, 3.05) is 44.4 Å². The molecule has 2 aromatic rings. The fourth-order valence-corrected chi connectivity index (χ4v) is 3.46. The Morgan fingerprint density at radius 3 is 2.29 bits per heavy atom. The van der Waals surface area contributed by atoms with Gasteiger partial charge in [0.2, 0.25) is 0 Å². The minimum atomic E-state index is -0.131. The monoisotopic (exact) mass is 426 g/mol. The summed E-state index contributed by atoms with van der Waals surface area (Å²) in [4.78, 5) is 15.2. The Hall–Kier alpha value is -2.73. The lowest BCUT2D eigenvalue weighted by molar-refractivity contribution is 0.0939. The lowest BCUT2D eigenvalue weighted by atomic mass is 10.1. The van der Waals surface area contributed by atoms with Gasteiger partial charge in [-0.15, -0.1) is 0 Å². The summed E-state index contributed by atoms with van der Waals surface area (Å²) in [7, 11) is 0. The molecule has 1 aliphatic rings. The van der Waals surface area contributed by atoms with Gasteiger partial charge in [-0.3, -0.25) is 4.79 Å². The molecule has 3 rings (SSSR count). The lowest BCUT2D eigenvalue weighted by Crippen LogP contribution is -2.36. The van der Waals surface area contributed by atoms with Gasteiger partial charge in [-0.05, 0) is 55.7 Å². The molecule has 0 aromatic heterocycles. The summed E-state index contributed by atoms with van der Waals surface area (Å²) in [6, 6.07) is 13.6. The Bertz CT molecular complexity index is 832. The number of amides is 1. The molecule has 1 fully saturated rings. The maximum atomic E-state index is 12.9. The number of morpholine rings is 1. The van der Waals surface area contributed by atoms with Crippen LogP contribution in [0.1, 0.15) is 55.6 Å². The van der Waals surface area contributed by atoms with Crippen LogP contribution in [-0.2, 0) is 4.74 Å². The average molecular weight is 427 g/mol. The third-order valence-corrected chi connectivity index (χ3v) is 5.25. The summed E-state index contributed by atoms with van der Waals surface area (Å²) < 4.78 is 17.0. The molecule has 168 valence electrons. The molecule has 6 nitrogen and oxygen atoms in total. The molecule has 6 heteroatoms. The van der Waals surface area contributed by atoms with Gasteiger partial charge >= 0.3 is 0 Å². The zero-order valence-electron chi connectivity index (χ0n) is 18.9. The Kier molecular flexibility index (Phi) is 8.59. The van der Waals surface area contributed by atoms with E-state index in [1.54, 1.807) is 12.1 Å². The van der Waals surface area contributed by atoms with Crippen LogP contribution in [0, 0.1) is 0 Å². The topological polar surface area (TPSA) is 60.0 Å². The number of nitrogens with one attached hydrogen (secondary N) is 1. The van der Waals surface area contributed by atoms with Crippen molar-refractivity contribution in [2.24, 2.45) is 0 Å². The van der Waals surface area contributed by atoms with Crippen molar-refractivity contribution in [3.05, 3.63) is 53.6 Å². The second kappa shape index (κ2) is 11.6. The van der Waals surface area contributed by atoms with Gasteiger partial charge in [0.15, 0.2) is 11.5 Å². The summed E-state index contributed by atoms with van der Waals surface area (Å²) in [5.41, 5.74) is 2.81. The number of anilines is 1. The third-order valence-electron chi connectivity index (χ3n) is 5.25. The minimum Gasteiger partial charge on any atom is -0.490 e. The molecule has 1 N–H and O–H groups in total. The second-order valence-corrected chi connectivity index (χ2v) is 7.74. The van der Waals surface area contributed by atoms with Crippen molar-refractivity contribution < 1.29 is 19.0 Å². The largest absolute Gasteiger partial charge is 0.490 e.